The summed E-state index contributed by atoms with van der Waals surface area (Å²) in [4.78, 5) is 25.7. The van der Waals surface area contributed by atoms with Gasteiger partial charge in [0.1, 0.15) is 13.2 Å². The van der Waals surface area contributed by atoms with Gasteiger partial charge in [-0.05, 0) is 12.8 Å². The second kappa shape index (κ2) is 61.1. The van der Waals surface area contributed by atoms with Gasteiger partial charge in [-0.15, -0.1) is 0 Å². The number of hydrogen-bond donors (Lipinski definition) is 2. The zero-order chi connectivity index (χ0) is 57.0. The van der Waals surface area contributed by atoms with Crippen LogP contribution in [0.5, 0.6) is 0 Å². The monoisotopic (exact) mass is 1130 g/mol. The standard InChI is InChI=1S/C69H141N2O6P/c1-6-8-10-12-14-16-18-20-22-24-26-28-30-32-34-35-37-39-41-43-45-47-49-51-53-55-57-59-61-63-69(73)70-67(66-77-78(74,75)76-65-64-71(3,4)5)68(72)62-60-58-56-54-52-50-48-46-44-42-40-38-36-33-31-29-27-25-23-21-19-17-15-13-11-9-7-2/h67-68,72H,6-66H2,1-5H3,(H-,70,73,74,75). The molecule has 8 nitrogen and oxygen atoms in total. The average Bonchev–Trinajstić information content (AvgIpc) is 3.41. The van der Waals surface area contributed by atoms with E-state index in [0.29, 0.717) is 23.9 Å². The SMILES string of the molecule is CCCCCCCCCCCCCCCCCCCCCCCCCCCCCCCC(=O)NC(COP(=O)([O-])OCC[N+](C)(C)C)C(O)CCCCCCCCCCCCCCCCCCCCCCCCCCCCC. The number of phosphoric ester groups is 1. The highest BCUT2D eigenvalue weighted by Crippen LogP contribution is 2.38. The van der Waals surface area contributed by atoms with Gasteiger partial charge in [-0.1, -0.05) is 367 Å². The second-order valence-electron chi connectivity index (χ2n) is 26.0. The van der Waals surface area contributed by atoms with E-state index >= 15 is 0 Å². The third-order valence-electron chi connectivity index (χ3n) is 16.8. The van der Waals surface area contributed by atoms with Crippen molar-refractivity contribution < 1.29 is 32.9 Å². The van der Waals surface area contributed by atoms with Gasteiger partial charge < -0.3 is 28.8 Å². The van der Waals surface area contributed by atoms with E-state index in [1.54, 1.807) is 0 Å². The van der Waals surface area contributed by atoms with E-state index in [1.807, 2.05) is 21.1 Å². The minimum Gasteiger partial charge on any atom is -0.756 e. The van der Waals surface area contributed by atoms with Gasteiger partial charge in [-0.25, -0.2) is 0 Å². The molecule has 0 rings (SSSR count). The third-order valence-corrected chi connectivity index (χ3v) is 17.8. The fourth-order valence-electron chi connectivity index (χ4n) is 11.3. The molecule has 0 aliphatic heterocycles. The molecule has 0 spiro atoms. The Morgan fingerprint density at radius 3 is 0.872 bits per heavy atom. The lowest BCUT2D eigenvalue weighted by atomic mass is 10.0. The molecule has 0 aromatic heterocycles. The molecule has 0 aromatic rings. The van der Waals surface area contributed by atoms with Crippen molar-refractivity contribution in [2.45, 2.75) is 398 Å². The molecule has 78 heavy (non-hydrogen) atoms. The summed E-state index contributed by atoms with van der Waals surface area (Å²) in [6.07, 6.45) is 76.1. The predicted molar refractivity (Wildman–Crippen MR) is 339 cm³/mol. The minimum absolute atomic E-state index is 0.0170. The molecule has 0 saturated heterocycles. The zero-order valence-corrected chi connectivity index (χ0v) is 54.6. The number of nitrogens with zero attached hydrogens (tertiary/aromatic N) is 1. The van der Waals surface area contributed by atoms with Crippen LogP contribution in [0.4, 0.5) is 0 Å². The highest BCUT2D eigenvalue weighted by molar-refractivity contribution is 7.45. The smallest absolute Gasteiger partial charge is 0.268 e. The number of amides is 1. The van der Waals surface area contributed by atoms with Gasteiger partial charge in [0.2, 0.25) is 5.91 Å². The fourth-order valence-corrected chi connectivity index (χ4v) is 12.1. The number of likely N-dealkylation sites (N-methyl/N-ethyl adjacent to an activating group) is 1. The van der Waals surface area contributed by atoms with Crippen LogP contribution in [0.25, 0.3) is 0 Å². The first-order valence-corrected chi connectivity index (χ1v) is 36.8. The van der Waals surface area contributed by atoms with Crippen LogP contribution in [0.1, 0.15) is 386 Å². The van der Waals surface area contributed by atoms with Crippen LogP contribution in [0, 0.1) is 0 Å². The molecule has 0 saturated carbocycles. The predicted octanol–water partition coefficient (Wildman–Crippen LogP) is 21.7. The summed E-state index contributed by atoms with van der Waals surface area (Å²) in [6.45, 7) is 4.80. The van der Waals surface area contributed by atoms with Gasteiger partial charge in [0.15, 0.2) is 0 Å². The molecule has 0 fully saturated rings. The first kappa shape index (κ1) is 77.5. The summed E-state index contributed by atoms with van der Waals surface area (Å²) in [5.41, 5.74) is 0. The van der Waals surface area contributed by atoms with Crippen molar-refractivity contribution in [2.24, 2.45) is 0 Å². The fraction of sp³-hybridized carbons (Fsp3) is 0.986. The van der Waals surface area contributed by atoms with Crippen LogP contribution < -0.4 is 10.2 Å². The van der Waals surface area contributed by atoms with E-state index in [-0.39, 0.29) is 19.1 Å². The molecule has 0 aromatic carbocycles. The van der Waals surface area contributed by atoms with Crippen molar-refractivity contribution in [3.63, 3.8) is 0 Å². The molecule has 0 bridgehead atoms. The molecule has 1 amide bonds. The highest BCUT2D eigenvalue weighted by Gasteiger charge is 2.24. The molecule has 9 heteroatoms. The Morgan fingerprint density at radius 1 is 0.397 bits per heavy atom. The maximum absolute atomic E-state index is 13.1. The highest BCUT2D eigenvalue weighted by atomic mass is 31.2. The number of aliphatic hydroxyl groups is 1. The van der Waals surface area contributed by atoms with Gasteiger partial charge in [0.25, 0.3) is 7.82 Å². The Hall–Kier alpha value is -0.500. The van der Waals surface area contributed by atoms with Crippen LogP contribution in [-0.4, -0.2) is 68.5 Å². The van der Waals surface area contributed by atoms with Crippen LogP contribution in [-0.2, 0) is 18.4 Å². The number of unbranched alkanes of at least 4 members (excludes halogenated alkanes) is 54. The Kier molecular flexibility index (Phi) is 60.7. The van der Waals surface area contributed by atoms with Crippen LogP contribution in [0.15, 0.2) is 0 Å². The molecule has 0 aliphatic rings. The zero-order valence-electron chi connectivity index (χ0n) is 53.7. The Balaban J connectivity index is 3.98. The third kappa shape index (κ3) is 63.1. The number of quaternary nitrogens is 1. The topological polar surface area (TPSA) is 108 Å². The number of carbonyl (C=O) groups is 1. The number of hydrogen-bond acceptors (Lipinski definition) is 6. The molecule has 3 unspecified atom stereocenters. The van der Waals surface area contributed by atoms with Crippen molar-refractivity contribution in [1.29, 1.82) is 0 Å². The maximum atomic E-state index is 13.1. The summed E-state index contributed by atoms with van der Waals surface area (Å²) in [6, 6.07) is -0.797. The molecular formula is C69H141N2O6P. The van der Waals surface area contributed by atoms with Crippen LogP contribution >= 0.6 is 7.82 Å². The van der Waals surface area contributed by atoms with Crippen LogP contribution in [0.3, 0.4) is 0 Å². The molecule has 0 heterocycles. The molecular weight excluding hydrogens is 984 g/mol. The van der Waals surface area contributed by atoms with E-state index < -0.39 is 20.0 Å². The summed E-state index contributed by atoms with van der Waals surface area (Å²) in [5.74, 6) is -0.153. The second-order valence-corrected chi connectivity index (χ2v) is 27.4. The van der Waals surface area contributed by atoms with Crippen molar-refractivity contribution in [3.05, 3.63) is 0 Å². The molecule has 3 atom stereocenters. The number of phosphoric acid groups is 1. The Bertz CT molecular complexity index is 1230. The van der Waals surface area contributed by atoms with E-state index in [9.17, 15) is 19.4 Å². The van der Waals surface area contributed by atoms with E-state index in [0.717, 1.165) is 38.5 Å². The summed E-state index contributed by atoms with van der Waals surface area (Å²) < 4.78 is 23.5. The lowest BCUT2D eigenvalue weighted by Crippen LogP contribution is -2.46. The Morgan fingerprint density at radius 2 is 0.628 bits per heavy atom. The van der Waals surface area contributed by atoms with Crippen molar-refractivity contribution >= 4 is 13.7 Å². The van der Waals surface area contributed by atoms with Crippen molar-refractivity contribution in [3.8, 4) is 0 Å². The normalized spacial score (nSPS) is 13.6. The number of carbonyl (C=O) groups excluding carboxylic acids is 1. The number of aliphatic hydroxyl groups excluding tert-OH is 1. The summed E-state index contributed by atoms with van der Waals surface area (Å²) in [7, 11) is 1.33. The van der Waals surface area contributed by atoms with Gasteiger partial charge in [-0.3, -0.25) is 9.36 Å². The van der Waals surface area contributed by atoms with Crippen molar-refractivity contribution in [2.75, 3.05) is 40.9 Å². The number of rotatable bonds is 67. The average molecular weight is 1130 g/mol. The quantitative estimate of drug-likeness (QED) is 0.0357. The molecule has 0 radical (unpaired) electrons. The number of nitrogens with one attached hydrogen (secondary N) is 1. The van der Waals surface area contributed by atoms with Gasteiger partial charge >= 0.3 is 0 Å². The minimum atomic E-state index is -4.58. The van der Waals surface area contributed by atoms with E-state index in [2.05, 4.69) is 19.2 Å². The summed E-state index contributed by atoms with van der Waals surface area (Å²) >= 11 is 0. The lowest BCUT2D eigenvalue weighted by Gasteiger charge is -2.30. The van der Waals surface area contributed by atoms with Gasteiger partial charge in [0, 0.05) is 6.42 Å². The van der Waals surface area contributed by atoms with Crippen molar-refractivity contribution in [1.82, 2.24) is 5.32 Å². The van der Waals surface area contributed by atoms with E-state index in [1.165, 1.54) is 321 Å². The largest absolute Gasteiger partial charge is 0.756 e. The first-order valence-electron chi connectivity index (χ1n) is 35.4. The summed E-state index contributed by atoms with van der Waals surface area (Å²) in [5, 5.41) is 14.1. The molecule has 468 valence electrons. The van der Waals surface area contributed by atoms with Gasteiger partial charge in [-0.2, -0.15) is 0 Å². The first-order chi connectivity index (χ1) is 38.0. The Labute approximate surface area is 489 Å². The maximum Gasteiger partial charge on any atom is 0.268 e. The molecule has 2 N–H and O–H groups in total. The lowest BCUT2D eigenvalue weighted by molar-refractivity contribution is -0.870. The van der Waals surface area contributed by atoms with E-state index in [4.69, 9.17) is 9.05 Å². The van der Waals surface area contributed by atoms with Crippen LogP contribution in [0.2, 0.25) is 0 Å². The van der Waals surface area contributed by atoms with Gasteiger partial charge in [0.05, 0.1) is 39.9 Å². The molecule has 0 aliphatic carbocycles.